The molecule has 0 bridgehead atoms. The van der Waals surface area contributed by atoms with E-state index in [2.05, 4.69) is 34.0 Å². The van der Waals surface area contributed by atoms with Crippen molar-refractivity contribution in [1.82, 2.24) is 15.5 Å². The van der Waals surface area contributed by atoms with Crippen LogP contribution < -0.4 is 10.6 Å². The van der Waals surface area contributed by atoms with E-state index in [1.807, 2.05) is 7.05 Å². The van der Waals surface area contributed by atoms with Crippen LogP contribution >= 0.6 is 24.0 Å². The summed E-state index contributed by atoms with van der Waals surface area (Å²) in [5.41, 5.74) is 1.26. The minimum absolute atomic E-state index is 0. The zero-order chi connectivity index (χ0) is 17.2. The monoisotopic (exact) mass is 462 g/mol. The number of guanidine groups is 1. The molecule has 2 aliphatic rings. The molecule has 4 nitrogen and oxygen atoms in total. The second kappa shape index (κ2) is 13.0. The van der Waals surface area contributed by atoms with Gasteiger partial charge in [0.1, 0.15) is 0 Å². The van der Waals surface area contributed by atoms with Crippen LogP contribution in [0.2, 0.25) is 0 Å². The number of aliphatic imine (C=N–C) groups is 1. The van der Waals surface area contributed by atoms with Gasteiger partial charge in [-0.05, 0) is 32.1 Å². The largest absolute Gasteiger partial charge is 0.356 e. The van der Waals surface area contributed by atoms with Gasteiger partial charge in [0.15, 0.2) is 5.96 Å². The summed E-state index contributed by atoms with van der Waals surface area (Å²) in [6.07, 6.45) is 12.3. The molecule has 146 valence electrons. The standard InChI is InChI=1S/C20H38N4.HI/c1-17(2)16-24-14-11-19(12-15-24)23-20(21-3)22-13-7-6-10-18-8-4-5-9-18;/h18-19H,1,4-16H2,2-3H3,(H2,21,22,23);1H. The Balaban J connectivity index is 0.00000312. The Morgan fingerprint density at radius 1 is 1.12 bits per heavy atom. The molecule has 1 heterocycles. The highest BCUT2D eigenvalue weighted by atomic mass is 127. The fraction of sp³-hybridized carbons (Fsp3) is 0.850. The second-order valence-electron chi connectivity index (χ2n) is 7.80. The first-order chi connectivity index (χ1) is 11.7. The lowest BCUT2D eigenvalue weighted by molar-refractivity contribution is 0.221. The Morgan fingerprint density at radius 3 is 2.40 bits per heavy atom. The molecule has 1 saturated heterocycles. The molecule has 0 atom stereocenters. The Kier molecular flexibility index (Phi) is 11.8. The van der Waals surface area contributed by atoms with Crippen molar-refractivity contribution in [3.63, 3.8) is 0 Å². The topological polar surface area (TPSA) is 39.7 Å². The Morgan fingerprint density at radius 2 is 1.80 bits per heavy atom. The van der Waals surface area contributed by atoms with Crippen LogP contribution in [-0.4, -0.2) is 50.1 Å². The lowest BCUT2D eigenvalue weighted by atomic mass is 10.0. The van der Waals surface area contributed by atoms with Crippen molar-refractivity contribution in [1.29, 1.82) is 0 Å². The van der Waals surface area contributed by atoms with Crippen LogP contribution in [0.5, 0.6) is 0 Å². The maximum atomic E-state index is 4.39. The van der Waals surface area contributed by atoms with E-state index >= 15 is 0 Å². The van der Waals surface area contributed by atoms with E-state index in [4.69, 9.17) is 0 Å². The van der Waals surface area contributed by atoms with Gasteiger partial charge in [-0.15, -0.1) is 24.0 Å². The van der Waals surface area contributed by atoms with Gasteiger partial charge in [0.2, 0.25) is 0 Å². The number of likely N-dealkylation sites (tertiary alicyclic amines) is 1. The zero-order valence-electron chi connectivity index (χ0n) is 16.4. The van der Waals surface area contributed by atoms with Gasteiger partial charge < -0.3 is 10.6 Å². The third-order valence-electron chi connectivity index (χ3n) is 5.45. The molecule has 25 heavy (non-hydrogen) atoms. The van der Waals surface area contributed by atoms with Gasteiger partial charge in [-0.2, -0.15) is 0 Å². The van der Waals surface area contributed by atoms with Crippen LogP contribution in [-0.2, 0) is 0 Å². The SMILES string of the molecule is C=C(C)CN1CCC(NC(=NC)NCCCCC2CCCC2)CC1.I. The molecule has 0 aromatic heterocycles. The zero-order valence-corrected chi connectivity index (χ0v) is 18.7. The van der Waals surface area contributed by atoms with Crippen molar-refractivity contribution in [2.24, 2.45) is 10.9 Å². The second-order valence-corrected chi connectivity index (χ2v) is 7.80. The van der Waals surface area contributed by atoms with Crippen molar-refractivity contribution >= 4 is 29.9 Å². The average molecular weight is 462 g/mol. The van der Waals surface area contributed by atoms with E-state index in [1.165, 1.54) is 63.4 Å². The van der Waals surface area contributed by atoms with Crippen molar-refractivity contribution in [2.45, 2.75) is 70.8 Å². The molecule has 0 aromatic carbocycles. The third kappa shape index (κ3) is 9.27. The van der Waals surface area contributed by atoms with Crippen LogP contribution in [0, 0.1) is 5.92 Å². The summed E-state index contributed by atoms with van der Waals surface area (Å²) in [6, 6.07) is 0.552. The molecule has 2 rings (SSSR count). The first-order valence-electron chi connectivity index (χ1n) is 10.0. The molecule has 1 aliphatic heterocycles. The van der Waals surface area contributed by atoms with E-state index in [0.29, 0.717) is 6.04 Å². The number of rotatable bonds is 8. The van der Waals surface area contributed by atoms with Gasteiger partial charge in [0, 0.05) is 39.3 Å². The molecule has 0 amide bonds. The molecule has 1 saturated carbocycles. The molecule has 0 spiro atoms. The highest BCUT2D eigenvalue weighted by molar-refractivity contribution is 14.0. The van der Waals surface area contributed by atoms with Crippen molar-refractivity contribution in [2.75, 3.05) is 33.2 Å². The van der Waals surface area contributed by atoms with Gasteiger partial charge in [0.05, 0.1) is 0 Å². The summed E-state index contributed by atoms with van der Waals surface area (Å²) in [7, 11) is 1.88. The summed E-state index contributed by atoms with van der Waals surface area (Å²) in [6.45, 7) is 10.5. The summed E-state index contributed by atoms with van der Waals surface area (Å²) >= 11 is 0. The van der Waals surface area contributed by atoms with Gasteiger partial charge in [-0.1, -0.05) is 50.7 Å². The maximum absolute atomic E-state index is 4.39. The van der Waals surface area contributed by atoms with Crippen LogP contribution in [0.15, 0.2) is 17.1 Å². The number of unbranched alkanes of at least 4 members (excludes halogenated alkanes) is 1. The number of halogens is 1. The highest BCUT2D eigenvalue weighted by Crippen LogP contribution is 2.28. The van der Waals surface area contributed by atoms with Crippen LogP contribution in [0.1, 0.15) is 64.7 Å². The highest BCUT2D eigenvalue weighted by Gasteiger charge is 2.19. The molecule has 0 unspecified atom stereocenters. The molecule has 1 aliphatic carbocycles. The predicted octanol–water partition coefficient (Wildman–Crippen LogP) is 4.17. The quantitative estimate of drug-likeness (QED) is 0.187. The van der Waals surface area contributed by atoms with Gasteiger partial charge in [0.25, 0.3) is 0 Å². The van der Waals surface area contributed by atoms with Gasteiger partial charge in [-0.3, -0.25) is 9.89 Å². The van der Waals surface area contributed by atoms with E-state index in [9.17, 15) is 0 Å². The van der Waals surface area contributed by atoms with Crippen molar-refractivity contribution in [3.05, 3.63) is 12.2 Å². The van der Waals surface area contributed by atoms with E-state index in [0.717, 1.165) is 38.1 Å². The van der Waals surface area contributed by atoms with Crippen LogP contribution in [0.3, 0.4) is 0 Å². The fourth-order valence-corrected chi connectivity index (χ4v) is 4.07. The Labute approximate surface area is 172 Å². The van der Waals surface area contributed by atoms with Crippen LogP contribution in [0.4, 0.5) is 0 Å². The number of nitrogens with one attached hydrogen (secondary N) is 2. The Hall–Kier alpha value is -0.300. The van der Waals surface area contributed by atoms with Crippen molar-refractivity contribution in [3.8, 4) is 0 Å². The van der Waals surface area contributed by atoms with Crippen LogP contribution in [0.25, 0.3) is 0 Å². The minimum atomic E-state index is 0. The molecule has 5 heteroatoms. The normalized spacial score (nSPS) is 20.3. The summed E-state index contributed by atoms with van der Waals surface area (Å²) in [4.78, 5) is 6.89. The van der Waals surface area contributed by atoms with E-state index in [1.54, 1.807) is 0 Å². The summed E-state index contributed by atoms with van der Waals surface area (Å²) in [5, 5.41) is 7.10. The smallest absolute Gasteiger partial charge is 0.191 e. The number of piperidine rings is 1. The minimum Gasteiger partial charge on any atom is -0.356 e. The first-order valence-corrected chi connectivity index (χ1v) is 10.0. The maximum Gasteiger partial charge on any atom is 0.191 e. The predicted molar refractivity (Wildman–Crippen MR) is 120 cm³/mol. The lowest BCUT2D eigenvalue weighted by Crippen LogP contribution is -2.49. The molecular weight excluding hydrogens is 423 g/mol. The number of nitrogens with zero attached hydrogens (tertiary/aromatic N) is 2. The number of hydrogen-bond acceptors (Lipinski definition) is 2. The molecule has 2 fully saturated rings. The van der Waals surface area contributed by atoms with Gasteiger partial charge >= 0.3 is 0 Å². The molecule has 2 N–H and O–H groups in total. The Bertz CT molecular complexity index is 397. The summed E-state index contributed by atoms with van der Waals surface area (Å²) < 4.78 is 0. The molecule has 0 radical (unpaired) electrons. The molecular formula is C20H39IN4. The average Bonchev–Trinajstić information content (AvgIpc) is 3.08. The summed E-state index contributed by atoms with van der Waals surface area (Å²) in [5.74, 6) is 2.00. The lowest BCUT2D eigenvalue weighted by Gasteiger charge is -2.33. The number of hydrogen-bond donors (Lipinski definition) is 2. The van der Waals surface area contributed by atoms with E-state index in [-0.39, 0.29) is 24.0 Å². The molecule has 0 aromatic rings. The van der Waals surface area contributed by atoms with Gasteiger partial charge in [-0.25, -0.2) is 0 Å². The van der Waals surface area contributed by atoms with E-state index < -0.39 is 0 Å². The van der Waals surface area contributed by atoms with Crippen molar-refractivity contribution < 1.29 is 0 Å². The first kappa shape index (κ1) is 22.7. The third-order valence-corrected chi connectivity index (χ3v) is 5.45. The fourth-order valence-electron chi connectivity index (χ4n) is 4.07.